The third kappa shape index (κ3) is 5.84. The van der Waals surface area contributed by atoms with Crippen LogP contribution in [0.5, 0.6) is 0 Å². The Morgan fingerprint density at radius 1 is 1.28 bits per heavy atom. The van der Waals surface area contributed by atoms with Crippen molar-refractivity contribution in [2.24, 2.45) is 13.0 Å². The van der Waals surface area contributed by atoms with Gasteiger partial charge in [0.2, 0.25) is 5.91 Å². The summed E-state index contributed by atoms with van der Waals surface area (Å²) in [7, 11) is 1.95. The molecule has 2 saturated heterocycles. The first-order valence-electron chi connectivity index (χ1n) is 10.2. The van der Waals surface area contributed by atoms with Gasteiger partial charge in [0.25, 0.3) is 0 Å². The van der Waals surface area contributed by atoms with Gasteiger partial charge in [-0.05, 0) is 18.8 Å². The summed E-state index contributed by atoms with van der Waals surface area (Å²) in [5, 5.41) is 15.6. The van der Waals surface area contributed by atoms with E-state index < -0.39 is 12.1 Å². The van der Waals surface area contributed by atoms with Crippen LogP contribution in [0.25, 0.3) is 0 Å². The number of carbonyl (C=O) groups is 2. The molecule has 0 saturated carbocycles. The van der Waals surface area contributed by atoms with Crippen molar-refractivity contribution in [3.8, 4) is 0 Å². The first-order valence-corrected chi connectivity index (χ1v) is 10.2. The number of carboxylic acids is 1. The number of fused-ring (bicyclic) bond motifs is 1. The first-order chi connectivity index (χ1) is 15.0. The van der Waals surface area contributed by atoms with E-state index in [-0.39, 0.29) is 11.9 Å². The molecule has 0 unspecified atom stereocenters. The van der Waals surface area contributed by atoms with Crippen molar-refractivity contribution in [3.05, 3.63) is 30.6 Å². The lowest BCUT2D eigenvalue weighted by Crippen LogP contribution is -2.48. The largest absolute Gasteiger partial charge is 0.490 e. The van der Waals surface area contributed by atoms with Gasteiger partial charge in [-0.15, -0.1) is 0 Å². The number of piperidine rings is 1. The molecule has 3 atom stereocenters. The second kappa shape index (κ2) is 9.67. The number of nitrogens with zero attached hydrogens (tertiary/aromatic N) is 7. The molecule has 2 aliphatic rings. The maximum atomic E-state index is 12.3. The molecule has 1 N–H and O–H groups in total. The molecule has 32 heavy (non-hydrogen) atoms. The highest BCUT2D eigenvalue weighted by Gasteiger charge is 2.45. The van der Waals surface area contributed by atoms with Crippen LogP contribution in [0.2, 0.25) is 0 Å². The maximum Gasteiger partial charge on any atom is 0.490 e. The van der Waals surface area contributed by atoms with Gasteiger partial charge in [-0.3, -0.25) is 19.1 Å². The van der Waals surface area contributed by atoms with E-state index in [2.05, 4.69) is 31.2 Å². The number of aliphatic carboxylic acids is 1. The molecule has 2 fully saturated rings. The summed E-state index contributed by atoms with van der Waals surface area (Å²) in [5.74, 6) is -2.05. The minimum Gasteiger partial charge on any atom is -0.475 e. The Bertz CT molecular complexity index is 916. The van der Waals surface area contributed by atoms with Crippen molar-refractivity contribution in [2.45, 2.75) is 51.1 Å². The number of hydrogen-bond donors (Lipinski definition) is 1. The van der Waals surface area contributed by atoms with Gasteiger partial charge in [0, 0.05) is 51.4 Å². The van der Waals surface area contributed by atoms with E-state index in [9.17, 15) is 18.0 Å². The van der Waals surface area contributed by atoms with Crippen LogP contribution in [-0.4, -0.2) is 82.7 Å². The summed E-state index contributed by atoms with van der Waals surface area (Å²) in [5.41, 5.74) is 1.25. The fraction of sp³-hybridized carbons (Fsp3) is 0.632. The quantitative estimate of drug-likeness (QED) is 0.734. The zero-order valence-corrected chi connectivity index (χ0v) is 17.8. The average molecular weight is 457 g/mol. The number of aromatic nitrogens is 5. The number of aryl methyl sites for hydroxylation is 1. The Kier molecular flexibility index (Phi) is 7.16. The van der Waals surface area contributed by atoms with E-state index >= 15 is 0 Å². The van der Waals surface area contributed by atoms with Crippen LogP contribution in [0.4, 0.5) is 13.2 Å². The number of carbonyl (C=O) groups excluding carboxylic acids is 1. The molecular weight excluding hydrogens is 431 g/mol. The molecule has 1 amide bonds. The standard InChI is InChI=1S/C17H25N7O.C2HF3O2/c1-13(25)24-16(10-23-12-18-11-20-23)5-15-9-22(4-3-17(15)24)8-14-6-19-21(2)7-14;3-2(4,5)1(6)7/h6-7,11-12,15-17H,3-5,8-10H2,1-2H3;(H,6,7)/t15-,16+,17+;/m1./s1. The molecular formula is C19H26F3N7O3. The van der Waals surface area contributed by atoms with Crippen LogP contribution in [0.1, 0.15) is 25.3 Å². The Balaban J connectivity index is 0.000000360. The number of amides is 1. The highest BCUT2D eigenvalue weighted by Crippen LogP contribution is 2.36. The topological polar surface area (TPSA) is 109 Å². The molecule has 2 aromatic rings. The summed E-state index contributed by atoms with van der Waals surface area (Å²) >= 11 is 0. The van der Waals surface area contributed by atoms with Crippen molar-refractivity contribution < 1.29 is 27.9 Å². The predicted octanol–water partition coefficient (Wildman–Crippen LogP) is 1.16. The second-order valence-corrected chi connectivity index (χ2v) is 8.11. The zero-order chi connectivity index (χ0) is 23.5. The van der Waals surface area contributed by atoms with Crippen LogP contribution in [0.3, 0.4) is 0 Å². The van der Waals surface area contributed by atoms with E-state index in [0.717, 1.165) is 39.0 Å². The Labute approximate surface area is 182 Å². The number of carboxylic acid groups (broad SMARTS) is 1. The van der Waals surface area contributed by atoms with Gasteiger partial charge in [0.1, 0.15) is 12.7 Å². The van der Waals surface area contributed by atoms with E-state index in [4.69, 9.17) is 9.90 Å². The van der Waals surface area contributed by atoms with Crippen LogP contribution in [-0.2, 0) is 29.7 Å². The van der Waals surface area contributed by atoms with Gasteiger partial charge >= 0.3 is 12.1 Å². The lowest BCUT2D eigenvalue weighted by Gasteiger charge is -2.38. The van der Waals surface area contributed by atoms with Crippen LogP contribution >= 0.6 is 0 Å². The van der Waals surface area contributed by atoms with Crippen molar-refractivity contribution in [3.63, 3.8) is 0 Å². The molecule has 2 aliphatic heterocycles. The number of likely N-dealkylation sites (tertiary alicyclic amines) is 2. The van der Waals surface area contributed by atoms with Gasteiger partial charge < -0.3 is 10.0 Å². The van der Waals surface area contributed by atoms with Gasteiger partial charge in [0.15, 0.2) is 0 Å². The lowest BCUT2D eigenvalue weighted by molar-refractivity contribution is -0.192. The summed E-state index contributed by atoms with van der Waals surface area (Å²) in [6, 6.07) is 0.573. The lowest BCUT2D eigenvalue weighted by atomic mass is 9.92. The molecule has 2 aromatic heterocycles. The van der Waals surface area contributed by atoms with Crippen molar-refractivity contribution >= 4 is 11.9 Å². The van der Waals surface area contributed by atoms with E-state index in [1.54, 1.807) is 19.6 Å². The number of halogens is 3. The average Bonchev–Trinajstić information content (AvgIpc) is 3.42. The van der Waals surface area contributed by atoms with Gasteiger partial charge in [0.05, 0.1) is 18.8 Å². The molecule has 0 aliphatic carbocycles. The highest BCUT2D eigenvalue weighted by molar-refractivity contribution is 5.74. The van der Waals surface area contributed by atoms with Crippen LogP contribution < -0.4 is 0 Å². The normalized spacial score (nSPS) is 23.4. The monoisotopic (exact) mass is 457 g/mol. The third-order valence-corrected chi connectivity index (χ3v) is 5.74. The first kappa shape index (κ1) is 23.7. The van der Waals surface area contributed by atoms with Crippen molar-refractivity contribution in [1.29, 1.82) is 0 Å². The fourth-order valence-corrected chi connectivity index (χ4v) is 4.58. The van der Waals surface area contributed by atoms with Crippen LogP contribution in [0.15, 0.2) is 25.0 Å². The van der Waals surface area contributed by atoms with Gasteiger partial charge in [-0.2, -0.15) is 23.4 Å². The summed E-state index contributed by atoms with van der Waals surface area (Å²) in [6.45, 7) is 5.42. The van der Waals surface area contributed by atoms with Crippen molar-refractivity contribution in [2.75, 3.05) is 13.1 Å². The van der Waals surface area contributed by atoms with E-state index in [1.807, 2.05) is 22.6 Å². The van der Waals surface area contributed by atoms with Gasteiger partial charge in [-0.25, -0.2) is 9.78 Å². The number of alkyl halides is 3. The van der Waals surface area contributed by atoms with E-state index in [1.165, 1.54) is 5.56 Å². The fourth-order valence-electron chi connectivity index (χ4n) is 4.58. The Morgan fingerprint density at radius 2 is 2.00 bits per heavy atom. The minimum absolute atomic E-state index is 0.179. The molecule has 4 rings (SSSR count). The number of rotatable bonds is 4. The molecule has 0 aromatic carbocycles. The summed E-state index contributed by atoms with van der Waals surface area (Å²) < 4.78 is 35.4. The molecule has 4 heterocycles. The maximum absolute atomic E-state index is 12.3. The van der Waals surface area contributed by atoms with E-state index in [0.29, 0.717) is 12.0 Å². The summed E-state index contributed by atoms with van der Waals surface area (Å²) in [6.07, 6.45) is 4.29. The third-order valence-electron chi connectivity index (χ3n) is 5.74. The molecule has 13 heteroatoms. The Morgan fingerprint density at radius 3 is 2.53 bits per heavy atom. The van der Waals surface area contributed by atoms with Gasteiger partial charge in [-0.1, -0.05) is 0 Å². The second-order valence-electron chi connectivity index (χ2n) is 8.11. The van der Waals surface area contributed by atoms with Crippen LogP contribution in [0, 0.1) is 5.92 Å². The Hall–Kier alpha value is -2.96. The molecule has 0 spiro atoms. The molecule has 0 bridgehead atoms. The smallest absolute Gasteiger partial charge is 0.475 e. The molecule has 176 valence electrons. The molecule has 10 nitrogen and oxygen atoms in total. The summed E-state index contributed by atoms with van der Waals surface area (Å²) in [4.78, 5) is 29.8. The SMILES string of the molecule is CC(=O)N1[C@H](Cn2cncn2)C[C@@H]2CN(Cc3cnn(C)c3)CC[C@@H]21.O=C(O)C(F)(F)F. The highest BCUT2D eigenvalue weighted by atomic mass is 19.4. The predicted molar refractivity (Wildman–Crippen MR) is 105 cm³/mol. The minimum atomic E-state index is -5.08. The zero-order valence-electron chi connectivity index (χ0n) is 17.8. The van der Waals surface area contributed by atoms with Crippen molar-refractivity contribution in [1.82, 2.24) is 34.3 Å². The molecule has 0 radical (unpaired) electrons. The number of hydrogen-bond acceptors (Lipinski definition) is 6.